The summed E-state index contributed by atoms with van der Waals surface area (Å²) in [5.41, 5.74) is 5.44. The molecule has 0 spiro atoms. The molecule has 1 rings (SSSR count). The third-order valence-corrected chi connectivity index (χ3v) is 1.98. The molecule has 0 atom stereocenters. The van der Waals surface area contributed by atoms with Gasteiger partial charge in [0.25, 0.3) is 0 Å². The van der Waals surface area contributed by atoms with Crippen molar-refractivity contribution in [3.8, 4) is 0 Å². The number of anilines is 1. The van der Waals surface area contributed by atoms with Crippen LogP contribution in [0.4, 0.5) is 5.13 Å². The van der Waals surface area contributed by atoms with Crippen LogP contribution in [0.2, 0.25) is 0 Å². The highest BCUT2D eigenvalue weighted by Crippen LogP contribution is 2.18. The molecule has 68 valence electrons. The summed E-state index contributed by atoms with van der Waals surface area (Å²) in [6.07, 6.45) is 0. The molecule has 0 aromatic carbocycles. The molecular weight excluding hydrogens is 172 g/mol. The smallest absolute Gasteiger partial charge is 0.206 e. The molecule has 3 N–H and O–H groups in total. The van der Waals surface area contributed by atoms with E-state index < -0.39 is 0 Å². The molecule has 12 heavy (non-hydrogen) atoms. The second kappa shape index (κ2) is 3.37. The molecule has 1 aromatic rings. The van der Waals surface area contributed by atoms with E-state index in [0.717, 1.165) is 10.1 Å². The van der Waals surface area contributed by atoms with Crippen molar-refractivity contribution >= 4 is 16.5 Å². The maximum atomic E-state index is 5.41. The predicted molar refractivity (Wildman–Crippen MR) is 51.2 cm³/mol. The average Bonchev–Trinajstić information content (AvgIpc) is 2.32. The summed E-state index contributed by atoms with van der Waals surface area (Å²) in [6.45, 7) is 6.70. The van der Waals surface area contributed by atoms with Crippen LogP contribution in [0.15, 0.2) is 0 Å². The number of nitrogens with two attached hydrogens (primary N) is 1. The molecule has 0 bridgehead atoms. The Kier molecular flexibility index (Phi) is 2.64. The molecule has 0 saturated carbocycles. The molecule has 0 aliphatic heterocycles. The van der Waals surface area contributed by atoms with E-state index in [1.807, 2.05) is 0 Å². The third kappa shape index (κ3) is 2.75. The lowest BCUT2D eigenvalue weighted by Gasteiger charge is -2.18. The Hall–Kier alpha value is -0.680. The Morgan fingerprint density at radius 3 is 2.50 bits per heavy atom. The van der Waals surface area contributed by atoms with Gasteiger partial charge < -0.3 is 11.1 Å². The molecule has 0 aliphatic carbocycles. The molecule has 0 amide bonds. The summed E-state index contributed by atoms with van der Waals surface area (Å²) in [7, 11) is 0. The summed E-state index contributed by atoms with van der Waals surface area (Å²) < 4.78 is 0. The van der Waals surface area contributed by atoms with Crippen LogP contribution in [-0.4, -0.2) is 15.7 Å². The van der Waals surface area contributed by atoms with Gasteiger partial charge in [-0.15, -0.1) is 10.2 Å². The zero-order valence-corrected chi connectivity index (χ0v) is 8.40. The Labute approximate surface area is 76.2 Å². The van der Waals surface area contributed by atoms with E-state index in [9.17, 15) is 0 Å². The topological polar surface area (TPSA) is 63.8 Å². The SMILES string of the molecule is CC(C)(C)Nc1nnc(CN)s1. The Balaban J connectivity index is 2.64. The zero-order chi connectivity index (χ0) is 9.19. The van der Waals surface area contributed by atoms with E-state index in [1.165, 1.54) is 11.3 Å². The molecule has 0 unspecified atom stereocenters. The minimum atomic E-state index is 0.0331. The number of nitrogens with one attached hydrogen (secondary N) is 1. The van der Waals surface area contributed by atoms with Gasteiger partial charge in [0, 0.05) is 12.1 Å². The number of aromatic nitrogens is 2. The van der Waals surface area contributed by atoms with Crippen molar-refractivity contribution in [1.29, 1.82) is 0 Å². The van der Waals surface area contributed by atoms with Gasteiger partial charge in [-0.3, -0.25) is 0 Å². The molecule has 4 nitrogen and oxygen atoms in total. The lowest BCUT2D eigenvalue weighted by molar-refractivity contribution is 0.631. The highest BCUT2D eigenvalue weighted by molar-refractivity contribution is 7.15. The van der Waals surface area contributed by atoms with Crippen molar-refractivity contribution in [2.45, 2.75) is 32.9 Å². The van der Waals surface area contributed by atoms with Crippen LogP contribution < -0.4 is 11.1 Å². The summed E-state index contributed by atoms with van der Waals surface area (Å²) >= 11 is 1.50. The molecule has 1 heterocycles. The van der Waals surface area contributed by atoms with Gasteiger partial charge >= 0.3 is 0 Å². The van der Waals surface area contributed by atoms with Crippen LogP contribution >= 0.6 is 11.3 Å². The fourth-order valence-corrected chi connectivity index (χ4v) is 1.53. The van der Waals surface area contributed by atoms with E-state index in [2.05, 4.69) is 36.3 Å². The molecule has 1 aromatic heterocycles. The molecular formula is C7H14N4S. The minimum Gasteiger partial charge on any atom is -0.355 e. The first-order valence-corrected chi connectivity index (χ1v) is 4.63. The predicted octanol–water partition coefficient (Wildman–Crippen LogP) is 1.21. The first kappa shape index (κ1) is 9.41. The van der Waals surface area contributed by atoms with Crippen LogP contribution in [-0.2, 0) is 6.54 Å². The lowest BCUT2D eigenvalue weighted by Crippen LogP contribution is -2.25. The minimum absolute atomic E-state index is 0.0331. The second-order valence-electron chi connectivity index (χ2n) is 3.58. The van der Waals surface area contributed by atoms with Crippen LogP contribution in [0.25, 0.3) is 0 Å². The summed E-state index contributed by atoms with van der Waals surface area (Å²) in [5.74, 6) is 0. The fraction of sp³-hybridized carbons (Fsp3) is 0.714. The number of nitrogens with zero attached hydrogens (tertiary/aromatic N) is 2. The van der Waals surface area contributed by atoms with Crippen LogP contribution in [0.3, 0.4) is 0 Å². The highest BCUT2D eigenvalue weighted by atomic mass is 32.1. The van der Waals surface area contributed by atoms with Gasteiger partial charge in [-0.25, -0.2) is 0 Å². The van der Waals surface area contributed by atoms with E-state index in [1.54, 1.807) is 0 Å². The van der Waals surface area contributed by atoms with E-state index >= 15 is 0 Å². The number of hydrogen-bond acceptors (Lipinski definition) is 5. The Bertz CT molecular complexity index is 250. The van der Waals surface area contributed by atoms with Gasteiger partial charge in [-0.2, -0.15) is 0 Å². The van der Waals surface area contributed by atoms with Gasteiger partial charge in [0.1, 0.15) is 5.01 Å². The zero-order valence-electron chi connectivity index (χ0n) is 7.59. The van der Waals surface area contributed by atoms with Crippen LogP contribution in [0.1, 0.15) is 25.8 Å². The summed E-state index contributed by atoms with van der Waals surface area (Å²) in [6, 6.07) is 0. The normalized spacial score (nSPS) is 11.7. The molecule has 0 aliphatic rings. The van der Waals surface area contributed by atoms with E-state index in [4.69, 9.17) is 5.73 Å². The first-order chi connectivity index (χ1) is 5.51. The third-order valence-electron chi connectivity index (χ3n) is 1.12. The first-order valence-electron chi connectivity index (χ1n) is 3.82. The van der Waals surface area contributed by atoms with Crippen molar-refractivity contribution in [2.75, 3.05) is 5.32 Å². The van der Waals surface area contributed by atoms with Crippen molar-refractivity contribution in [1.82, 2.24) is 10.2 Å². The van der Waals surface area contributed by atoms with Gasteiger partial charge in [0.05, 0.1) is 0 Å². The van der Waals surface area contributed by atoms with Crippen molar-refractivity contribution in [3.05, 3.63) is 5.01 Å². The Morgan fingerprint density at radius 2 is 2.08 bits per heavy atom. The van der Waals surface area contributed by atoms with E-state index in [0.29, 0.717) is 6.54 Å². The van der Waals surface area contributed by atoms with Crippen LogP contribution in [0.5, 0.6) is 0 Å². The van der Waals surface area contributed by atoms with Gasteiger partial charge in [0.2, 0.25) is 5.13 Å². The number of hydrogen-bond donors (Lipinski definition) is 2. The maximum Gasteiger partial charge on any atom is 0.206 e. The molecule has 0 fully saturated rings. The average molecular weight is 186 g/mol. The summed E-state index contributed by atoms with van der Waals surface area (Å²) in [5, 5.41) is 12.8. The van der Waals surface area contributed by atoms with Gasteiger partial charge in [-0.1, -0.05) is 11.3 Å². The molecule has 5 heteroatoms. The summed E-state index contributed by atoms with van der Waals surface area (Å²) in [4.78, 5) is 0. The van der Waals surface area contributed by atoms with Crippen LogP contribution in [0, 0.1) is 0 Å². The fourth-order valence-electron chi connectivity index (χ4n) is 0.707. The van der Waals surface area contributed by atoms with Crippen molar-refractivity contribution in [3.63, 3.8) is 0 Å². The molecule has 0 saturated heterocycles. The van der Waals surface area contributed by atoms with Gasteiger partial charge in [0.15, 0.2) is 0 Å². The monoisotopic (exact) mass is 186 g/mol. The van der Waals surface area contributed by atoms with Crippen molar-refractivity contribution in [2.24, 2.45) is 5.73 Å². The lowest BCUT2D eigenvalue weighted by atomic mass is 10.1. The maximum absolute atomic E-state index is 5.41. The van der Waals surface area contributed by atoms with Gasteiger partial charge in [-0.05, 0) is 20.8 Å². The van der Waals surface area contributed by atoms with E-state index in [-0.39, 0.29) is 5.54 Å². The quantitative estimate of drug-likeness (QED) is 0.728. The number of rotatable bonds is 2. The Morgan fingerprint density at radius 1 is 1.42 bits per heavy atom. The largest absolute Gasteiger partial charge is 0.355 e. The standard InChI is InChI=1S/C7H14N4S/c1-7(2,3)9-6-11-10-5(4-8)12-6/h4,8H2,1-3H3,(H,9,11). The second-order valence-corrected chi connectivity index (χ2v) is 4.64. The molecule has 0 radical (unpaired) electrons. The highest BCUT2D eigenvalue weighted by Gasteiger charge is 2.12. The van der Waals surface area contributed by atoms with Crippen molar-refractivity contribution < 1.29 is 0 Å².